The van der Waals surface area contributed by atoms with Crippen LogP contribution in [-0.4, -0.2) is 71.6 Å². The van der Waals surface area contributed by atoms with Crippen molar-refractivity contribution >= 4 is 16.0 Å². The van der Waals surface area contributed by atoms with Gasteiger partial charge in [-0.2, -0.15) is 0 Å². The molecule has 2 rings (SSSR count). The molecule has 1 atom stereocenters. The van der Waals surface area contributed by atoms with E-state index < -0.39 is 10.0 Å². The van der Waals surface area contributed by atoms with Crippen LogP contribution in [0.3, 0.4) is 0 Å². The second-order valence-electron chi connectivity index (χ2n) is 6.54. The minimum atomic E-state index is -3.50. The van der Waals surface area contributed by atoms with Crippen molar-refractivity contribution in [1.29, 1.82) is 0 Å². The number of sulfonamides is 1. The molecule has 1 heterocycles. The highest BCUT2D eigenvalue weighted by molar-refractivity contribution is 7.89. The predicted molar refractivity (Wildman–Crippen MR) is 99.1 cm³/mol. The van der Waals surface area contributed by atoms with Gasteiger partial charge < -0.3 is 14.5 Å². The quantitative estimate of drug-likeness (QED) is 0.602. The van der Waals surface area contributed by atoms with Crippen molar-refractivity contribution in [3.05, 3.63) is 29.8 Å². The topological polar surface area (TPSA) is 74.2 Å². The number of ether oxygens (including phenoxy) is 1. The van der Waals surface area contributed by atoms with E-state index in [1.807, 2.05) is 38.0 Å². The van der Waals surface area contributed by atoms with Crippen LogP contribution in [0.25, 0.3) is 0 Å². The molecule has 1 aromatic carbocycles. The molecule has 0 saturated carbocycles. The van der Waals surface area contributed by atoms with Gasteiger partial charge in [0.15, 0.2) is 5.96 Å². The Hall–Kier alpha value is -1.64. The highest BCUT2D eigenvalue weighted by Crippen LogP contribution is 2.14. The Bertz CT molecular complexity index is 668. The smallest absolute Gasteiger partial charge is 0.240 e. The van der Waals surface area contributed by atoms with Gasteiger partial charge in [0.2, 0.25) is 10.0 Å². The Morgan fingerprint density at radius 2 is 1.84 bits per heavy atom. The first kappa shape index (κ1) is 19.7. The van der Waals surface area contributed by atoms with Gasteiger partial charge in [-0.05, 0) is 30.5 Å². The standard InChI is InChI=1S/C17H28N4O3S/c1-20(2)17(21(3)4)18-12-14-7-9-16(10-8-14)25(22,23)19-13-15-6-5-11-24-15/h7-10,15,19H,5-6,11-13H2,1-4H3. The summed E-state index contributed by atoms with van der Waals surface area (Å²) in [5.41, 5.74) is 0.958. The van der Waals surface area contributed by atoms with E-state index in [4.69, 9.17) is 4.74 Å². The Labute approximate surface area is 150 Å². The lowest BCUT2D eigenvalue weighted by Crippen LogP contribution is -2.35. The number of rotatable bonds is 6. The molecule has 1 aliphatic rings. The first-order chi connectivity index (χ1) is 11.8. The molecule has 0 radical (unpaired) electrons. The molecule has 0 bridgehead atoms. The zero-order valence-corrected chi connectivity index (χ0v) is 16.2. The van der Waals surface area contributed by atoms with Crippen LogP contribution in [-0.2, 0) is 21.3 Å². The third-order valence-corrected chi connectivity index (χ3v) is 5.40. The zero-order valence-electron chi connectivity index (χ0n) is 15.4. The molecule has 1 aromatic rings. The minimum absolute atomic E-state index is 0.0149. The maximum Gasteiger partial charge on any atom is 0.240 e. The molecule has 0 amide bonds. The van der Waals surface area contributed by atoms with Gasteiger partial charge in [-0.3, -0.25) is 0 Å². The van der Waals surface area contributed by atoms with Crippen LogP contribution in [0.4, 0.5) is 0 Å². The van der Waals surface area contributed by atoms with E-state index in [-0.39, 0.29) is 11.0 Å². The molecule has 25 heavy (non-hydrogen) atoms. The average molecular weight is 369 g/mol. The number of nitrogens with one attached hydrogen (secondary N) is 1. The van der Waals surface area contributed by atoms with E-state index in [0.29, 0.717) is 19.7 Å². The molecule has 8 heteroatoms. The number of benzene rings is 1. The average Bonchev–Trinajstić information content (AvgIpc) is 3.06. The van der Waals surface area contributed by atoms with E-state index in [1.54, 1.807) is 24.3 Å². The summed E-state index contributed by atoms with van der Waals surface area (Å²) in [6.07, 6.45) is 1.88. The van der Waals surface area contributed by atoms with E-state index in [1.165, 1.54) is 0 Å². The fourth-order valence-corrected chi connectivity index (χ4v) is 3.78. The monoisotopic (exact) mass is 368 g/mol. The second-order valence-corrected chi connectivity index (χ2v) is 8.30. The summed E-state index contributed by atoms with van der Waals surface area (Å²) in [6, 6.07) is 6.83. The number of hydrogen-bond donors (Lipinski definition) is 1. The summed E-state index contributed by atoms with van der Waals surface area (Å²) in [7, 11) is 4.25. The molecule has 0 spiro atoms. The van der Waals surface area contributed by atoms with Crippen LogP contribution < -0.4 is 4.72 Å². The minimum Gasteiger partial charge on any atom is -0.377 e. The summed E-state index contributed by atoms with van der Waals surface area (Å²) >= 11 is 0. The van der Waals surface area contributed by atoms with Crippen molar-refractivity contribution in [2.24, 2.45) is 4.99 Å². The molecule has 7 nitrogen and oxygen atoms in total. The van der Waals surface area contributed by atoms with Gasteiger partial charge in [-0.1, -0.05) is 12.1 Å². The third kappa shape index (κ3) is 5.69. The Kier molecular flexibility index (Phi) is 6.80. The number of hydrogen-bond acceptors (Lipinski definition) is 4. The Morgan fingerprint density at radius 3 is 2.36 bits per heavy atom. The first-order valence-electron chi connectivity index (χ1n) is 8.39. The molecular weight excluding hydrogens is 340 g/mol. The molecule has 1 unspecified atom stereocenters. The fraction of sp³-hybridized carbons (Fsp3) is 0.588. The highest BCUT2D eigenvalue weighted by Gasteiger charge is 2.20. The SMILES string of the molecule is CN(C)C(=NCc1ccc(S(=O)(=O)NCC2CCCO2)cc1)N(C)C. The van der Waals surface area contributed by atoms with Gasteiger partial charge in [-0.15, -0.1) is 0 Å². The number of aliphatic imine (C=N–C) groups is 1. The predicted octanol–water partition coefficient (Wildman–Crippen LogP) is 1.12. The van der Waals surface area contributed by atoms with Crippen molar-refractivity contribution < 1.29 is 13.2 Å². The van der Waals surface area contributed by atoms with Crippen molar-refractivity contribution in [2.45, 2.75) is 30.4 Å². The van der Waals surface area contributed by atoms with E-state index in [0.717, 1.165) is 24.4 Å². The zero-order chi connectivity index (χ0) is 18.4. The summed E-state index contributed by atoms with van der Waals surface area (Å²) in [4.78, 5) is 8.70. The van der Waals surface area contributed by atoms with Crippen LogP contribution in [0.1, 0.15) is 18.4 Å². The molecule has 0 aromatic heterocycles. The summed E-state index contributed by atoms with van der Waals surface area (Å²) in [5, 5.41) is 0. The van der Waals surface area contributed by atoms with Gasteiger partial charge in [0.25, 0.3) is 0 Å². The molecule has 0 aliphatic carbocycles. The maximum atomic E-state index is 12.3. The van der Waals surface area contributed by atoms with Crippen LogP contribution in [0.2, 0.25) is 0 Å². The van der Waals surface area contributed by atoms with Gasteiger partial charge in [0.05, 0.1) is 17.5 Å². The van der Waals surface area contributed by atoms with Crippen LogP contribution in [0, 0.1) is 0 Å². The fourth-order valence-electron chi connectivity index (χ4n) is 2.71. The summed E-state index contributed by atoms with van der Waals surface area (Å²) in [6.45, 7) is 1.53. The van der Waals surface area contributed by atoms with Crippen molar-refractivity contribution in [2.75, 3.05) is 41.3 Å². The highest BCUT2D eigenvalue weighted by atomic mass is 32.2. The van der Waals surface area contributed by atoms with Crippen molar-refractivity contribution in [3.8, 4) is 0 Å². The molecule has 140 valence electrons. The molecule has 1 fully saturated rings. The Balaban J connectivity index is 1.99. The summed E-state index contributed by atoms with van der Waals surface area (Å²) in [5.74, 6) is 0.856. The molecule has 1 saturated heterocycles. The lowest BCUT2D eigenvalue weighted by molar-refractivity contribution is 0.114. The number of guanidine groups is 1. The van der Waals surface area contributed by atoms with Gasteiger partial charge in [0, 0.05) is 41.3 Å². The van der Waals surface area contributed by atoms with Crippen LogP contribution in [0.15, 0.2) is 34.2 Å². The Morgan fingerprint density at radius 1 is 1.20 bits per heavy atom. The lowest BCUT2D eigenvalue weighted by Gasteiger charge is -2.22. The maximum absolute atomic E-state index is 12.3. The van der Waals surface area contributed by atoms with E-state index in [9.17, 15) is 8.42 Å². The van der Waals surface area contributed by atoms with Crippen LogP contribution >= 0.6 is 0 Å². The summed E-state index contributed by atoms with van der Waals surface area (Å²) < 4.78 is 32.7. The second kappa shape index (κ2) is 8.64. The van der Waals surface area contributed by atoms with Gasteiger partial charge in [-0.25, -0.2) is 18.1 Å². The van der Waals surface area contributed by atoms with Crippen molar-refractivity contribution in [1.82, 2.24) is 14.5 Å². The van der Waals surface area contributed by atoms with Gasteiger partial charge >= 0.3 is 0 Å². The number of nitrogens with zero attached hydrogens (tertiary/aromatic N) is 3. The molecular formula is C17H28N4O3S. The third-order valence-electron chi connectivity index (χ3n) is 3.96. The van der Waals surface area contributed by atoms with E-state index >= 15 is 0 Å². The van der Waals surface area contributed by atoms with E-state index in [2.05, 4.69) is 9.71 Å². The largest absolute Gasteiger partial charge is 0.377 e. The first-order valence-corrected chi connectivity index (χ1v) is 9.87. The normalized spacial score (nSPS) is 17.4. The lowest BCUT2D eigenvalue weighted by atomic mass is 10.2. The van der Waals surface area contributed by atoms with Gasteiger partial charge in [0.1, 0.15) is 0 Å². The van der Waals surface area contributed by atoms with Crippen molar-refractivity contribution in [3.63, 3.8) is 0 Å². The molecule has 1 aliphatic heterocycles. The van der Waals surface area contributed by atoms with Crippen LogP contribution in [0.5, 0.6) is 0 Å². The molecule has 1 N–H and O–H groups in total.